The van der Waals surface area contributed by atoms with Crippen LogP contribution >= 0.6 is 0 Å². The van der Waals surface area contributed by atoms with Crippen LogP contribution in [0.1, 0.15) is 61.3 Å². The highest BCUT2D eigenvalue weighted by molar-refractivity contribution is 5.96. The molecule has 1 unspecified atom stereocenters. The minimum Gasteiger partial charge on any atom is -0.361 e. The Morgan fingerprint density at radius 3 is 2.33 bits per heavy atom. The summed E-state index contributed by atoms with van der Waals surface area (Å²) in [6.45, 7) is 5.25. The number of anilines is 1. The van der Waals surface area contributed by atoms with E-state index < -0.39 is 11.6 Å². The quantitative estimate of drug-likeness (QED) is 0.169. The zero-order valence-corrected chi connectivity index (χ0v) is 25.9. The molecule has 226 valence electrons. The van der Waals surface area contributed by atoms with Crippen molar-refractivity contribution in [3.63, 3.8) is 0 Å². The molecule has 1 aliphatic rings. The van der Waals surface area contributed by atoms with E-state index in [0.29, 0.717) is 18.7 Å². The number of benzene rings is 3. The summed E-state index contributed by atoms with van der Waals surface area (Å²) in [5, 5.41) is 10.3. The van der Waals surface area contributed by atoms with Crippen molar-refractivity contribution in [3.05, 3.63) is 101 Å². The Labute approximate surface area is 255 Å². The minimum absolute atomic E-state index is 0.129. The number of carbonyl (C=O) groups is 2. The summed E-state index contributed by atoms with van der Waals surface area (Å²) in [6.07, 6.45) is 7.83. The first kappa shape index (κ1) is 30.4. The van der Waals surface area contributed by atoms with Gasteiger partial charge in [-0.1, -0.05) is 79.4 Å². The average molecular weight is 580 g/mol. The van der Waals surface area contributed by atoms with E-state index in [9.17, 15) is 9.59 Å². The van der Waals surface area contributed by atoms with Crippen molar-refractivity contribution in [1.29, 1.82) is 0 Å². The van der Waals surface area contributed by atoms with Gasteiger partial charge >= 0.3 is 6.03 Å². The highest BCUT2D eigenvalue weighted by Crippen LogP contribution is 2.39. The lowest BCUT2D eigenvalue weighted by Crippen LogP contribution is -2.60. The molecular formula is C36H45N5O2. The van der Waals surface area contributed by atoms with Crippen LogP contribution in [0.25, 0.3) is 10.9 Å². The van der Waals surface area contributed by atoms with E-state index in [-0.39, 0.29) is 11.3 Å². The fraction of sp³-hybridized carbons (Fsp3) is 0.389. The van der Waals surface area contributed by atoms with Crippen molar-refractivity contribution in [2.45, 2.75) is 69.9 Å². The van der Waals surface area contributed by atoms with Gasteiger partial charge in [0.2, 0.25) is 5.91 Å². The number of nitrogens with one attached hydrogen (secondary N) is 4. The molecule has 3 aromatic carbocycles. The Bertz CT molecular complexity index is 1530. The number of aryl methyl sites for hydroxylation is 1. The lowest BCUT2D eigenvalue weighted by molar-refractivity contribution is -0.127. The van der Waals surface area contributed by atoms with E-state index >= 15 is 0 Å². The van der Waals surface area contributed by atoms with Crippen LogP contribution in [-0.4, -0.2) is 48.0 Å². The number of aromatic nitrogens is 1. The number of amides is 3. The van der Waals surface area contributed by atoms with Crippen LogP contribution in [0.2, 0.25) is 0 Å². The Hall–Kier alpha value is -4.10. The van der Waals surface area contributed by atoms with Crippen molar-refractivity contribution in [2.75, 3.05) is 26.0 Å². The van der Waals surface area contributed by atoms with E-state index in [1.165, 1.54) is 17.5 Å². The fourth-order valence-electron chi connectivity index (χ4n) is 6.46. The summed E-state index contributed by atoms with van der Waals surface area (Å²) in [5.41, 5.74) is 5.00. The van der Waals surface area contributed by atoms with Crippen LogP contribution in [0.3, 0.4) is 0 Å². The second-order valence-corrected chi connectivity index (χ2v) is 12.8. The summed E-state index contributed by atoms with van der Waals surface area (Å²) in [5.74, 6) is -0.189. The van der Waals surface area contributed by atoms with Crippen LogP contribution in [0.15, 0.2) is 79.0 Å². The number of H-pyrrole nitrogens is 1. The zero-order valence-electron chi connectivity index (χ0n) is 25.9. The van der Waals surface area contributed by atoms with Gasteiger partial charge in [-0.05, 0) is 75.7 Å². The van der Waals surface area contributed by atoms with Gasteiger partial charge < -0.3 is 25.8 Å². The number of aromatic amines is 1. The van der Waals surface area contributed by atoms with Gasteiger partial charge in [0.25, 0.3) is 0 Å². The third-order valence-electron chi connectivity index (χ3n) is 8.88. The molecule has 0 spiro atoms. The molecule has 7 nitrogen and oxygen atoms in total. The number of fused-ring (bicyclic) bond motifs is 1. The van der Waals surface area contributed by atoms with Crippen LogP contribution in [0.5, 0.6) is 0 Å². The molecule has 1 heterocycles. The maximum absolute atomic E-state index is 14.2. The van der Waals surface area contributed by atoms with Crippen molar-refractivity contribution in [2.24, 2.45) is 0 Å². The Balaban J connectivity index is 1.38. The van der Waals surface area contributed by atoms with E-state index in [4.69, 9.17) is 0 Å². The van der Waals surface area contributed by atoms with Crippen molar-refractivity contribution < 1.29 is 9.59 Å². The zero-order chi connectivity index (χ0) is 30.5. The smallest absolute Gasteiger partial charge is 0.320 e. The predicted molar refractivity (Wildman–Crippen MR) is 175 cm³/mol. The first-order valence-corrected chi connectivity index (χ1v) is 15.4. The number of para-hydroxylation sites is 1. The van der Waals surface area contributed by atoms with Gasteiger partial charge in [-0.15, -0.1) is 0 Å². The Morgan fingerprint density at radius 1 is 0.930 bits per heavy atom. The molecule has 1 saturated carbocycles. The lowest BCUT2D eigenvalue weighted by atomic mass is 9.69. The standard InChI is InChI=1S/C36H45N5O2/c1-26-12-18-30(19-13-26)39-34(43)40-35(2,22-28-23-37-32-11-7-6-10-31(28)32)33(42)38-25-36(20-8-5-9-21-36)29-16-14-27(15-17-29)24-41(3)4/h6-7,10-19,23,37H,5,8-9,20-22,24-25H2,1-4H3,(H,38,42)(H2,39,40,43). The van der Waals surface area contributed by atoms with Crippen LogP contribution < -0.4 is 16.0 Å². The molecule has 43 heavy (non-hydrogen) atoms. The van der Waals surface area contributed by atoms with Gasteiger partial charge in [-0.2, -0.15) is 0 Å². The molecule has 0 radical (unpaired) electrons. The number of urea groups is 1. The number of nitrogens with zero attached hydrogens (tertiary/aromatic N) is 1. The van der Waals surface area contributed by atoms with Crippen LogP contribution in [0, 0.1) is 6.92 Å². The summed E-state index contributed by atoms with van der Waals surface area (Å²) in [7, 11) is 4.16. The third-order valence-corrected chi connectivity index (χ3v) is 8.88. The fourth-order valence-corrected chi connectivity index (χ4v) is 6.46. The van der Waals surface area contributed by atoms with Crippen LogP contribution in [-0.2, 0) is 23.2 Å². The molecular weight excluding hydrogens is 534 g/mol. The monoisotopic (exact) mass is 579 g/mol. The molecule has 7 heteroatoms. The summed E-state index contributed by atoms with van der Waals surface area (Å²) < 4.78 is 0. The first-order valence-electron chi connectivity index (χ1n) is 15.4. The average Bonchev–Trinajstić information content (AvgIpc) is 3.40. The van der Waals surface area contributed by atoms with Crippen molar-refractivity contribution >= 4 is 28.5 Å². The number of carbonyl (C=O) groups excluding carboxylic acids is 2. The summed E-state index contributed by atoms with van der Waals surface area (Å²) in [6, 6.07) is 24.2. The maximum atomic E-state index is 14.2. The predicted octanol–water partition coefficient (Wildman–Crippen LogP) is 6.68. The highest BCUT2D eigenvalue weighted by Gasteiger charge is 2.39. The minimum atomic E-state index is -1.19. The maximum Gasteiger partial charge on any atom is 0.320 e. The molecule has 5 rings (SSSR count). The largest absolute Gasteiger partial charge is 0.361 e. The second-order valence-electron chi connectivity index (χ2n) is 12.8. The molecule has 4 N–H and O–H groups in total. The summed E-state index contributed by atoms with van der Waals surface area (Å²) in [4.78, 5) is 33.0. The Morgan fingerprint density at radius 2 is 1.63 bits per heavy atom. The molecule has 0 aliphatic heterocycles. The van der Waals surface area contributed by atoms with Gasteiger partial charge in [0.15, 0.2) is 0 Å². The van der Waals surface area contributed by atoms with Crippen molar-refractivity contribution in [1.82, 2.24) is 20.5 Å². The Kier molecular flexibility index (Phi) is 9.21. The highest BCUT2D eigenvalue weighted by atomic mass is 16.2. The van der Waals surface area contributed by atoms with Gasteiger partial charge in [-0.25, -0.2) is 4.79 Å². The van der Waals surface area contributed by atoms with Crippen molar-refractivity contribution in [3.8, 4) is 0 Å². The molecule has 1 aromatic heterocycles. The third kappa shape index (κ3) is 7.28. The normalized spacial score (nSPS) is 16.0. The van der Waals surface area contributed by atoms with Gasteiger partial charge in [0, 0.05) is 47.7 Å². The van der Waals surface area contributed by atoms with E-state index in [1.54, 1.807) is 0 Å². The molecule has 1 atom stereocenters. The second kappa shape index (κ2) is 13.0. The molecule has 1 aliphatic carbocycles. The number of hydrogen-bond acceptors (Lipinski definition) is 3. The first-order chi connectivity index (χ1) is 20.7. The lowest BCUT2D eigenvalue weighted by Gasteiger charge is -2.39. The topological polar surface area (TPSA) is 89.3 Å². The molecule has 1 fully saturated rings. The molecule has 0 saturated heterocycles. The molecule has 4 aromatic rings. The van der Waals surface area contributed by atoms with Gasteiger partial charge in [0.05, 0.1) is 0 Å². The number of rotatable bonds is 10. The van der Waals surface area contributed by atoms with E-state index in [0.717, 1.165) is 54.3 Å². The van der Waals surface area contributed by atoms with E-state index in [2.05, 4.69) is 64.2 Å². The van der Waals surface area contributed by atoms with Gasteiger partial charge in [0.1, 0.15) is 5.54 Å². The summed E-state index contributed by atoms with van der Waals surface area (Å²) >= 11 is 0. The van der Waals surface area contributed by atoms with E-state index in [1.807, 2.05) is 68.6 Å². The SMILES string of the molecule is Cc1ccc(NC(=O)NC(C)(Cc2c[nH]c3ccccc23)C(=O)NCC2(c3ccc(CN(C)C)cc3)CCCCC2)cc1. The van der Waals surface area contributed by atoms with Crippen LogP contribution in [0.4, 0.5) is 10.5 Å². The molecule has 0 bridgehead atoms. The number of hydrogen-bond donors (Lipinski definition) is 4. The van der Waals surface area contributed by atoms with Gasteiger partial charge in [-0.3, -0.25) is 4.79 Å². The molecule has 3 amide bonds.